The summed E-state index contributed by atoms with van der Waals surface area (Å²) >= 11 is 0. The first-order valence-electron chi connectivity index (χ1n) is 9.53. The minimum absolute atomic E-state index is 0. The Labute approximate surface area is 170 Å². The Bertz CT molecular complexity index is 545. The quantitative estimate of drug-likeness (QED) is 0.483. The van der Waals surface area contributed by atoms with Gasteiger partial charge in [0, 0.05) is 45.8 Å². The SMILES string of the molecule is Br.CCN(CC)C1CCN(C(=NC)NCC2CCN(S(C)(=O)=O)CC2)C1. The smallest absolute Gasteiger partial charge is 0.211 e. The van der Waals surface area contributed by atoms with Crippen molar-refractivity contribution in [3.05, 3.63) is 0 Å². The molecule has 0 aliphatic carbocycles. The van der Waals surface area contributed by atoms with Crippen LogP contribution in [0.15, 0.2) is 4.99 Å². The Kier molecular flexibility index (Phi) is 9.85. The summed E-state index contributed by atoms with van der Waals surface area (Å²) in [5, 5.41) is 3.52. The molecule has 0 spiro atoms. The molecular formula is C17H36BrN5O2S. The average Bonchev–Trinajstić information content (AvgIpc) is 3.06. The van der Waals surface area contributed by atoms with E-state index in [1.165, 1.54) is 12.7 Å². The van der Waals surface area contributed by atoms with E-state index in [0.29, 0.717) is 25.0 Å². The summed E-state index contributed by atoms with van der Waals surface area (Å²) in [7, 11) is -1.19. The summed E-state index contributed by atoms with van der Waals surface area (Å²) in [6.07, 6.45) is 4.32. The van der Waals surface area contributed by atoms with Crippen LogP contribution in [0.1, 0.15) is 33.1 Å². The molecule has 0 aromatic heterocycles. The lowest BCUT2D eigenvalue weighted by molar-refractivity contribution is 0.223. The number of hydrogen-bond donors (Lipinski definition) is 1. The number of likely N-dealkylation sites (N-methyl/N-ethyl adjacent to an activating group) is 1. The number of piperidine rings is 1. The summed E-state index contributed by atoms with van der Waals surface area (Å²) in [6, 6.07) is 0.617. The Morgan fingerprint density at radius 3 is 2.27 bits per heavy atom. The van der Waals surface area contributed by atoms with Crippen LogP contribution in [-0.4, -0.2) is 93.6 Å². The van der Waals surface area contributed by atoms with Crippen LogP contribution in [-0.2, 0) is 10.0 Å². The van der Waals surface area contributed by atoms with E-state index in [4.69, 9.17) is 0 Å². The summed E-state index contributed by atoms with van der Waals surface area (Å²) < 4.78 is 24.8. The first-order chi connectivity index (χ1) is 11.9. The fraction of sp³-hybridized carbons (Fsp3) is 0.941. The van der Waals surface area contributed by atoms with Crippen LogP contribution < -0.4 is 5.32 Å². The predicted molar refractivity (Wildman–Crippen MR) is 114 cm³/mol. The Hall–Kier alpha value is -0.380. The summed E-state index contributed by atoms with van der Waals surface area (Å²) in [5.41, 5.74) is 0. The normalized spacial score (nSPS) is 23.3. The van der Waals surface area contributed by atoms with Crippen molar-refractivity contribution in [2.45, 2.75) is 39.2 Å². The van der Waals surface area contributed by atoms with Crippen LogP contribution >= 0.6 is 17.0 Å². The van der Waals surface area contributed by atoms with E-state index in [0.717, 1.165) is 51.5 Å². The second-order valence-electron chi connectivity index (χ2n) is 7.14. The molecule has 0 aromatic carbocycles. The third-order valence-electron chi connectivity index (χ3n) is 5.59. The molecule has 2 saturated heterocycles. The minimum atomic E-state index is -3.04. The van der Waals surface area contributed by atoms with Crippen LogP contribution in [0.4, 0.5) is 0 Å². The number of sulfonamides is 1. The van der Waals surface area contributed by atoms with E-state index >= 15 is 0 Å². The van der Waals surface area contributed by atoms with Gasteiger partial charge in [-0.05, 0) is 38.3 Å². The third kappa shape index (κ3) is 6.35. The molecule has 2 rings (SSSR count). The molecule has 1 atom stereocenters. The van der Waals surface area contributed by atoms with E-state index in [1.807, 2.05) is 7.05 Å². The molecule has 2 heterocycles. The van der Waals surface area contributed by atoms with Gasteiger partial charge in [-0.2, -0.15) is 0 Å². The average molecular weight is 454 g/mol. The van der Waals surface area contributed by atoms with E-state index in [1.54, 1.807) is 4.31 Å². The van der Waals surface area contributed by atoms with Crippen LogP contribution in [0.3, 0.4) is 0 Å². The summed E-state index contributed by atoms with van der Waals surface area (Å²) in [5.74, 6) is 1.50. The monoisotopic (exact) mass is 453 g/mol. The molecule has 7 nitrogen and oxygen atoms in total. The molecule has 1 unspecified atom stereocenters. The van der Waals surface area contributed by atoms with Crippen molar-refractivity contribution < 1.29 is 8.42 Å². The molecule has 2 aliphatic heterocycles. The van der Waals surface area contributed by atoms with Crippen LogP contribution in [0.2, 0.25) is 0 Å². The fourth-order valence-electron chi connectivity index (χ4n) is 3.99. The molecule has 0 bridgehead atoms. The van der Waals surface area contributed by atoms with Gasteiger partial charge in [0.15, 0.2) is 5.96 Å². The number of guanidine groups is 1. The molecule has 26 heavy (non-hydrogen) atoms. The maximum Gasteiger partial charge on any atom is 0.211 e. The van der Waals surface area contributed by atoms with E-state index < -0.39 is 10.0 Å². The Morgan fingerprint density at radius 1 is 1.15 bits per heavy atom. The van der Waals surface area contributed by atoms with Crippen molar-refractivity contribution in [1.29, 1.82) is 0 Å². The van der Waals surface area contributed by atoms with Crippen LogP contribution in [0.25, 0.3) is 0 Å². The Balaban J connectivity index is 0.00000338. The lowest BCUT2D eigenvalue weighted by Gasteiger charge is -2.31. The predicted octanol–water partition coefficient (Wildman–Crippen LogP) is 1.23. The van der Waals surface area contributed by atoms with Gasteiger partial charge in [-0.25, -0.2) is 12.7 Å². The zero-order chi connectivity index (χ0) is 18.4. The molecule has 154 valence electrons. The zero-order valence-electron chi connectivity index (χ0n) is 16.6. The largest absolute Gasteiger partial charge is 0.356 e. The molecule has 0 saturated carbocycles. The number of nitrogens with zero attached hydrogens (tertiary/aromatic N) is 4. The number of rotatable bonds is 6. The molecule has 0 aromatic rings. The highest BCUT2D eigenvalue weighted by Gasteiger charge is 2.29. The van der Waals surface area contributed by atoms with Crippen LogP contribution in [0.5, 0.6) is 0 Å². The van der Waals surface area contributed by atoms with Gasteiger partial charge in [-0.3, -0.25) is 9.89 Å². The van der Waals surface area contributed by atoms with Gasteiger partial charge < -0.3 is 10.2 Å². The second-order valence-corrected chi connectivity index (χ2v) is 9.13. The zero-order valence-corrected chi connectivity index (χ0v) is 19.2. The molecule has 2 fully saturated rings. The van der Waals surface area contributed by atoms with Gasteiger partial charge in [-0.15, -0.1) is 17.0 Å². The summed E-state index contributed by atoms with van der Waals surface area (Å²) in [6.45, 7) is 10.9. The van der Waals surface area contributed by atoms with Gasteiger partial charge in [0.2, 0.25) is 10.0 Å². The summed E-state index contributed by atoms with van der Waals surface area (Å²) in [4.78, 5) is 9.34. The Morgan fingerprint density at radius 2 is 1.77 bits per heavy atom. The van der Waals surface area contributed by atoms with Gasteiger partial charge in [0.25, 0.3) is 0 Å². The number of nitrogens with one attached hydrogen (secondary N) is 1. The van der Waals surface area contributed by atoms with Gasteiger partial charge in [-0.1, -0.05) is 13.8 Å². The highest BCUT2D eigenvalue weighted by Crippen LogP contribution is 2.19. The van der Waals surface area contributed by atoms with Gasteiger partial charge in [0.05, 0.1) is 6.26 Å². The first-order valence-corrected chi connectivity index (χ1v) is 11.4. The standard InChI is InChI=1S/C17H35N5O2S.BrH/c1-5-20(6-2)16-9-10-21(14-16)17(18-3)19-13-15-7-11-22(12-8-15)25(4,23)24;/h15-16H,5-14H2,1-4H3,(H,18,19);1H. The molecule has 1 N–H and O–H groups in total. The van der Waals surface area contributed by atoms with E-state index in [-0.39, 0.29) is 17.0 Å². The molecule has 9 heteroatoms. The van der Waals surface area contributed by atoms with Crippen molar-refractivity contribution >= 4 is 33.0 Å². The van der Waals surface area contributed by atoms with Crippen molar-refractivity contribution in [1.82, 2.24) is 19.4 Å². The first kappa shape index (κ1) is 23.7. The molecule has 0 radical (unpaired) electrons. The number of halogens is 1. The van der Waals surface area contributed by atoms with E-state index in [9.17, 15) is 8.42 Å². The van der Waals surface area contributed by atoms with Crippen molar-refractivity contribution in [2.75, 3.05) is 59.1 Å². The second kappa shape index (κ2) is 10.8. The maximum absolute atomic E-state index is 11.6. The minimum Gasteiger partial charge on any atom is -0.356 e. The molecule has 0 amide bonds. The van der Waals surface area contributed by atoms with Crippen molar-refractivity contribution in [3.8, 4) is 0 Å². The van der Waals surface area contributed by atoms with E-state index in [2.05, 4.69) is 34.0 Å². The lowest BCUT2D eigenvalue weighted by atomic mass is 9.98. The van der Waals surface area contributed by atoms with Crippen LogP contribution in [0, 0.1) is 5.92 Å². The van der Waals surface area contributed by atoms with Crippen molar-refractivity contribution in [3.63, 3.8) is 0 Å². The maximum atomic E-state index is 11.6. The number of likely N-dealkylation sites (tertiary alicyclic amines) is 1. The third-order valence-corrected chi connectivity index (χ3v) is 6.90. The van der Waals surface area contributed by atoms with Crippen molar-refractivity contribution in [2.24, 2.45) is 10.9 Å². The molecular weight excluding hydrogens is 418 g/mol. The number of aliphatic imine (C=N–C) groups is 1. The lowest BCUT2D eigenvalue weighted by Crippen LogP contribution is -2.46. The highest BCUT2D eigenvalue weighted by atomic mass is 79.9. The van der Waals surface area contributed by atoms with Gasteiger partial charge >= 0.3 is 0 Å². The topological polar surface area (TPSA) is 68.2 Å². The van der Waals surface area contributed by atoms with Gasteiger partial charge in [0.1, 0.15) is 0 Å². The highest BCUT2D eigenvalue weighted by molar-refractivity contribution is 8.93. The number of hydrogen-bond acceptors (Lipinski definition) is 4. The fourth-order valence-corrected chi connectivity index (χ4v) is 4.86. The molecule has 2 aliphatic rings.